The third-order valence-electron chi connectivity index (χ3n) is 4.16. The van der Waals surface area contributed by atoms with Crippen LogP contribution in [0.5, 0.6) is 0 Å². The van der Waals surface area contributed by atoms with Crippen molar-refractivity contribution in [2.24, 2.45) is 0 Å². The highest BCUT2D eigenvalue weighted by molar-refractivity contribution is 9.10. The fourth-order valence-corrected chi connectivity index (χ4v) is 4.54. The number of carbonyl (C=O) groups is 1. The van der Waals surface area contributed by atoms with Crippen LogP contribution in [0.4, 0.5) is 0 Å². The lowest BCUT2D eigenvalue weighted by molar-refractivity contribution is -0.0704. The highest BCUT2D eigenvalue weighted by Crippen LogP contribution is 2.19. The Kier molecular flexibility index (Phi) is 6.28. The molecule has 1 aromatic carbocycles. The van der Waals surface area contributed by atoms with E-state index in [-0.39, 0.29) is 18.1 Å². The summed E-state index contributed by atoms with van der Waals surface area (Å²) in [6.45, 7) is 7.57. The van der Waals surface area contributed by atoms with Crippen molar-refractivity contribution in [2.45, 2.75) is 39.1 Å². The van der Waals surface area contributed by atoms with Gasteiger partial charge in [-0.25, -0.2) is 0 Å². The van der Waals surface area contributed by atoms with Crippen LogP contribution in [0.25, 0.3) is 0 Å². The van der Waals surface area contributed by atoms with Gasteiger partial charge in [0, 0.05) is 39.9 Å². The smallest absolute Gasteiger partial charge is 0.251 e. The Balaban J connectivity index is 1.53. The van der Waals surface area contributed by atoms with E-state index in [4.69, 9.17) is 4.74 Å². The number of hydrogen-bond acceptors (Lipinski definition) is 4. The van der Waals surface area contributed by atoms with E-state index < -0.39 is 0 Å². The van der Waals surface area contributed by atoms with E-state index in [0.717, 1.165) is 29.0 Å². The van der Waals surface area contributed by atoms with Gasteiger partial charge in [0.05, 0.1) is 18.8 Å². The van der Waals surface area contributed by atoms with Crippen molar-refractivity contribution in [1.29, 1.82) is 0 Å². The standard InChI is InChI=1S/C19H23BrN2O2S/c1-13-9-22(10-14(2)24-13)11-15-3-5-16(6-4-15)19(23)21-8-18-7-17(20)12-25-18/h3-7,12-14H,8-11H2,1-2H3,(H,21,23). The summed E-state index contributed by atoms with van der Waals surface area (Å²) in [5.41, 5.74) is 1.92. The highest BCUT2D eigenvalue weighted by Gasteiger charge is 2.22. The normalized spacial score (nSPS) is 21.2. The maximum atomic E-state index is 12.3. The van der Waals surface area contributed by atoms with E-state index in [1.54, 1.807) is 11.3 Å². The minimum atomic E-state index is -0.0373. The van der Waals surface area contributed by atoms with E-state index >= 15 is 0 Å². The number of hydrogen-bond donors (Lipinski definition) is 1. The molecule has 1 aliphatic rings. The molecule has 25 heavy (non-hydrogen) atoms. The molecule has 0 bridgehead atoms. The van der Waals surface area contributed by atoms with Gasteiger partial charge in [-0.05, 0) is 53.5 Å². The fraction of sp³-hybridized carbons (Fsp3) is 0.421. The molecule has 1 fully saturated rings. The quantitative estimate of drug-likeness (QED) is 0.789. The Morgan fingerprint density at radius 3 is 2.56 bits per heavy atom. The first-order valence-electron chi connectivity index (χ1n) is 8.47. The lowest BCUT2D eigenvalue weighted by Crippen LogP contribution is -2.44. The van der Waals surface area contributed by atoms with Crippen LogP contribution in [0.2, 0.25) is 0 Å². The Hall–Kier alpha value is -1.21. The maximum Gasteiger partial charge on any atom is 0.251 e. The second kappa shape index (κ2) is 8.45. The summed E-state index contributed by atoms with van der Waals surface area (Å²) in [4.78, 5) is 15.8. The van der Waals surface area contributed by atoms with E-state index in [1.165, 1.54) is 5.56 Å². The van der Waals surface area contributed by atoms with Crippen molar-refractivity contribution in [1.82, 2.24) is 10.2 Å². The highest BCUT2D eigenvalue weighted by atomic mass is 79.9. The first kappa shape index (κ1) is 18.6. The molecule has 2 unspecified atom stereocenters. The summed E-state index contributed by atoms with van der Waals surface area (Å²) in [5, 5.41) is 4.98. The van der Waals surface area contributed by atoms with E-state index in [0.29, 0.717) is 12.1 Å². The lowest BCUT2D eigenvalue weighted by Gasteiger charge is -2.35. The molecule has 0 spiro atoms. The SMILES string of the molecule is CC1CN(Cc2ccc(C(=O)NCc3cc(Br)cs3)cc2)CC(C)O1. The number of carbonyl (C=O) groups excluding carboxylic acids is 1. The van der Waals surface area contributed by atoms with Crippen LogP contribution < -0.4 is 5.32 Å². The van der Waals surface area contributed by atoms with Crippen molar-refractivity contribution in [3.8, 4) is 0 Å². The molecule has 134 valence electrons. The van der Waals surface area contributed by atoms with Crippen molar-refractivity contribution in [3.63, 3.8) is 0 Å². The van der Waals surface area contributed by atoms with Gasteiger partial charge in [-0.3, -0.25) is 9.69 Å². The maximum absolute atomic E-state index is 12.3. The average molecular weight is 423 g/mol. The number of morpholine rings is 1. The van der Waals surface area contributed by atoms with Gasteiger partial charge < -0.3 is 10.1 Å². The third kappa shape index (κ3) is 5.38. The Bertz CT molecular complexity index is 706. The topological polar surface area (TPSA) is 41.6 Å². The van der Waals surface area contributed by atoms with Gasteiger partial charge in [-0.1, -0.05) is 12.1 Å². The molecule has 0 radical (unpaired) electrons. The third-order valence-corrected chi connectivity index (χ3v) is 5.86. The summed E-state index contributed by atoms with van der Waals surface area (Å²) in [6.07, 6.45) is 0.539. The van der Waals surface area contributed by atoms with Gasteiger partial charge in [-0.15, -0.1) is 11.3 Å². The van der Waals surface area contributed by atoms with Crippen molar-refractivity contribution >= 4 is 33.2 Å². The van der Waals surface area contributed by atoms with E-state index in [9.17, 15) is 4.79 Å². The summed E-state index contributed by atoms with van der Waals surface area (Å²) >= 11 is 5.06. The van der Waals surface area contributed by atoms with Gasteiger partial charge in [-0.2, -0.15) is 0 Å². The molecule has 0 aliphatic carbocycles. The first-order chi connectivity index (χ1) is 12.0. The zero-order valence-electron chi connectivity index (χ0n) is 14.5. The number of thiophene rings is 1. The van der Waals surface area contributed by atoms with Crippen molar-refractivity contribution in [2.75, 3.05) is 13.1 Å². The second-order valence-electron chi connectivity index (χ2n) is 6.56. The lowest BCUT2D eigenvalue weighted by atomic mass is 10.1. The molecule has 1 N–H and O–H groups in total. The number of nitrogens with one attached hydrogen (secondary N) is 1. The zero-order chi connectivity index (χ0) is 17.8. The number of benzene rings is 1. The summed E-state index contributed by atoms with van der Waals surface area (Å²) in [7, 11) is 0. The molecular weight excluding hydrogens is 400 g/mol. The summed E-state index contributed by atoms with van der Waals surface area (Å²) in [6, 6.07) is 9.92. The van der Waals surface area contributed by atoms with Crippen LogP contribution in [-0.2, 0) is 17.8 Å². The van der Waals surface area contributed by atoms with Crippen LogP contribution in [0.1, 0.15) is 34.6 Å². The molecule has 2 atom stereocenters. The Morgan fingerprint density at radius 2 is 1.96 bits per heavy atom. The number of rotatable bonds is 5. The second-order valence-corrected chi connectivity index (χ2v) is 8.47. The monoisotopic (exact) mass is 422 g/mol. The molecule has 1 saturated heterocycles. The average Bonchev–Trinajstić information content (AvgIpc) is 2.98. The molecule has 4 nitrogen and oxygen atoms in total. The molecule has 1 amide bonds. The zero-order valence-corrected chi connectivity index (χ0v) is 16.9. The van der Waals surface area contributed by atoms with Gasteiger partial charge in [0.15, 0.2) is 0 Å². The number of ether oxygens (including phenoxy) is 1. The molecule has 1 aromatic heterocycles. The van der Waals surface area contributed by atoms with Crippen LogP contribution in [0, 0.1) is 0 Å². The molecule has 2 heterocycles. The minimum Gasteiger partial charge on any atom is -0.373 e. The predicted octanol–water partition coefficient (Wildman–Crippen LogP) is 4.05. The minimum absolute atomic E-state index is 0.0373. The Morgan fingerprint density at radius 1 is 1.28 bits per heavy atom. The predicted molar refractivity (Wildman–Crippen MR) is 105 cm³/mol. The molecule has 2 aromatic rings. The molecular formula is C19H23BrN2O2S. The summed E-state index contributed by atoms with van der Waals surface area (Å²) < 4.78 is 6.83. The van der Waals surface area contributed by atoms with Crippen LogP contribution in [0.3, 0.4) is 0 Å². The van der Waals surface area contributed by atoms with Gasteiger partial charge in [0.2, 0.25) is 0 Å². The first-order valence-corrected chi connectivity index (χ1v) is 10.1. The van der Waals surface area contributed by atoms with E-state index in [2.05, 4.69) is 40.0 Å². The molecule has 0 saturated carbocycles. The van der Waals surface area contributed by atoms with E-state index in [1.807, 2.05) is 35.7 Å². The Labute approximate surface area is 161 Å². The molecule has 6 heteroatoms. The van der Waals surface area contributed by atoms with Gasteiger partial charge >= 0.3 is 0 Å². The van der Waals surface area contributed by atoms with Crippen LogP contribution in [-0.4, -0.2) is 36.1 Å². The van der Waals surface area contributed by atoms with Gasteiger partial charge in [0.25, 0.3) is 5.91 Å². The number of nitrogens with zero attached hydrogens (tertiary/aromatic N) is 1. The number of amides is 1. The number of halogens is 1. The van der Waals surface area contributed by atoms with Crippen LogP contribution >= 0.6 is 27.3 Å². The van der Waals surface area contributed by atoms with Crippen LogP contribution in [0.15, 0.2) is 40.2 Å². The summed E-state index contributed by atoms with van der Waals surface area (Å²) in [5.74, 6) is -0.0373. The largest absolute Gasteiger partial charge is 0.373 e. The molecule has 1 aliphatic heterocycles. The van der Waals surface area contributed by atoms with Crippen molar-refractivity contribution in [3.05, 3.63) is 56.2 Å². The molecule has 3 rings (SSSR count). The van der Waals surface area contributed by atoms with Gasteiger partial charge in [0.1, 0.15) is 0 Å². The van der Waals surface area contributed by atoms with Crippen molar-refractivity contribution < 1.29 is 9.53 Å². The fourth-order valence-electron chi connectivity index (χ4n) is 3.15.